The van der Waals surface area contributed by atoms with E-state index in [4.69, 9.17) is 9.47 Å². The van der Waals surface area contributed by atoms with Crippen molar-refractivity contribution in [3.63, 3.8) is 0 Å². The van der Waals surface area contributed by atoms with Gasteiger partial charge in [-0.05, 0) is 51.8 Å². The highest BCUT2D eigenvalue weighted by Gasteiger charge is 2.18. The number of hydrogen-bond acceptors (Lipinski definition) is 2. The van der Waals surface area contributed by atoms with Crippen LogP contribution in [0.25, 0.3) is 28.3 Å². The van der Waals surface area contributed by atoms with Crippen LogP contribution in [0.5, 0.6) is 11.5 Å². The second kappa shape index (κ2) is 11.6. The van der Waals surface area contributed by atoms with Gasteiger partial charge in [0.1, 0.15) is 0 Å². The smallest absolute Gasteiger partial charge is 0.161 e. The summed E-state index contributed by atoms with van der Waals surface area (Å²) in [6, 6.07) is 23.2. The summed E-state index contributed by atoms with van der Waals surface area (Å²) in [5, 5.41) is 0. The molecule has 0 radical (unpaired) electrons. The Hall–Kier alpha value is -3.00. The molecular formula is C30H36O2. The normalized spacial score (nSPS) is 12.8. The molecule has 0 amide bonds. The monoisotopic (exact) mass is 428 g/mol. The summed E-state index contributed by atoms with van der Waals surface area (Å²) in [7, 11) is 0. The van der Waals surface area contributed by atoms with Crippen molar-refractivity contribution in [1.29, 1.82) is 0 Å². The third-order valence-corrected chi connectivity index (χ3v) is 6.08. The number of hydrogen-bond donors (Lipinski definition) is 0. The fraction of sp³-hybridized carbons (Fsp3) is 0.333. The average Bonchev–Trinajstić information content (AvgIpc) is 2.85. The zero-order valence-corrected chi connectivity index (χ0v) is 19.9. The Morgan fingerprint density at radius 1 is 0.719 bits per heavy atom. The third kappa shape index (κ3) is 5.82. The molecular weight excluding hydrogens is 392 g/mol. The maximum atomic E-state index is 6.33. The van der Waals surface area contributed by atoms with Gasteiger partial charge in [-0.25, -0.2) is 0 Å². The molecule has 0 heterocycles. The Morgan fingerprint density at radius 3 is 1.81 bits per heavy atom. The lowest BCUT2D eigenvalue weighted by Crippen LogP contribution is -2.11. The van der Waals surface area contributed by atoms with Gasteiger partial charge in [0, 0.05) is 0 Å². The van der Waals surface area contributed by atoms with Gasteiger partial charge in [-0.3, -0.25) is 0 Å². The lowest BCUT2D eigenvalue weighted by Gasteiger charge is -2.21. The molecule has 2 nitrogen and oxygen atoms in total. The van der Waals surface area contributed by atoms with Gasteiger partial charge in [-0.15, -0.1) is 0 Å². The quantitative estimate of drug-likeness (QED) is 0.305. The molecule has 0 saturated carbocycles. The first kappa shape index (κ1) is 23.7. The first-order valence-electron chi connectivity index (χ1n) is 11.8. The van der Waals surface area contributed by atoms with E-state index >= 15 is 0 Å². The van der Waals surface area contributed by atoms with Gasteiger partial charge in [0.05, 0.1) is 13.2 Å². The Kier molecular flexibility index (Phi) is 8.56. The second-order valence-corrected chi connectivity index (χ2v) is 8.65. The van der Waals surface area contributed by atoms with Crippen molar-refractivity contribution in [2.75, 3.05) is 13.2 Å². The molecule has 0 fully saturated rings. The summed E-state index contributed by atoms with van der Waals surface area (Å²) in [5.74, 6) is 2.59. The van der Waals surface area contributed by atoms with Crippen molar-refractivity contribution in [3.8, 4) is 33.8 Å². The Morgan fingerprint density at radius 2 is 1.25 bits per heavy atom. The van der Waals surface area contributed by atoms with Gasteiger partial charge in [-0.1, -0.05) is 108 Å². The van der Waals surface area contributed by atoms with E-state index < -0.39 is 0 Å². The number of rotatable bonds is 11. The fourth-order valence-electron chi connectivity index (χ4n) is 3.48. The number of ether oxygens (including phenoxy) is 2. The van der Waals surface area contributed by atoms with E-state index in [1.807, 2.05) is 18.2 Å². The fourth-order valence-corrected chi connectivity index (χ4v) is 3.48. The third-order valence-electron chi connectivity index (χ3n) is 6.08. The van der Waals surface area contributed by atoms with Crippen LogP contribution in [-0.4, -0.2) is 13.2 Å². The van der Waals surface area contributed by atoms with Crippen molar-refractivity contribution >= 4 is 6.08 Å². The molecule has 0 aliphatic carbocycles. The van der Waals surface area contributed by atoms with Crippen LogP contribution in [0.2, 0.25) is 0 Å². The molecule has 3 aromatic carbocycles. The molecule has 3 aromatic rings. The van der Waals surface area contributed by atoms with E-state index in [9.17, 15) is 0 Å². The van der Waals surface area contributed by atoms with E-state index in [2.05, 4.69) is 88.9 Å². The Balaban J connectivity index is 2.17. The van der Waals surface area contributed by atoms with Crippen LogP contribution in [-0.2, 0) is 0 Å². The zero-order chi connectivity index (χ0) is 22.9. The molecule has 2 atom stereocenters. The van der Waals surface area contributed by atoms with Crippen molar-refractivity contribution < 1.29 is 9.47 Å². The van der Waals surface area contributed by atoms with Gasteiger partial charge in [0.2, 0.25) is 0 Å². The van der Waals surface area contributed by atoms with Crippen molar-refractivity contribution in [1.82, 2.24) is 0 Å². The topological polar surface area (TPSA) is 18.5 Å². The van der Waals surface area contributed by atoms with Crippen molar-refractivity contribution in [3.05, 3.63) is 78.9 Å². The second-order valence-electron chi connectivity index (χ2n) is 8.65. The maximum Gasteiger partial charge on any atom is 0.161 e. The van der Waals surface area contributed by atoms with E-state index in [-0.39, 0.29) is 0 Å². The summed E-state index contributed by atoms with van der Waals surface area (Å²) in [5.41, 5.74) is 5.66. The van der Waals surface area contributed by atoms with Gasteiger partial charge >= 0.3 is 0 Å². The van der Waals surface area contributed by atoms with Gasteiger partial charge in [0.15, 0.2) is 11.5 Å². The highest BCUT2D eigenvalue weighted by atomic mass is 16.5. The molecule has 2 unspecified atom stereocenters. The van der Waals surface area contributed by atoms with Crippen LogP contribution < -0.4 is 9.47 Å². The summed E-state index contributed by atoms with van der Waals surface area (Å²) in [4.78, 5) is 0. The first-order valence-corrected chi connectivity index (χ1v) is 11.8. The average molecular weight is 429 g/mol. The van der Waals surface area contributed by atoms with E-state index in [0.717, 1.165) is 52.2 Å². The van der Waals surface area contributed by atoms with E-state index in [0.29, 0.717) is 25.0 Å². The molecule has 168 valence electrons. The van der Waals surface area contributed by atoms with E-state index in [1.54, 1.807) is 0 Å². The van der Waals surface area contributed by atoms with Crippen molar-refractivity contribution in [2.45, 2.75) is 40.5 Å². The molecule has 2 heteroatoms. The Labute approximate surface area is 193 Å². The number of benzene rings is 3. The molecule has 0 aromatic heterocycles. The lowest BCUT2D eigenvalue weighted by molar-refractivity contribution is 0.218. The summed E-state index contributed by atoms with van der Waals surface area (Å²) >= 11 is 0. The maximum absolute atomic E-state index is 6.33. The zero-order valence-electron chi connectivity index (χ0n) is 19.9. The minimum atomic E-state index is 0.482. The van der Waals surface area contributed by atoms with Gasteiger partial charge < -0.3 is 9.47 Å². The summed E-state index contributed by atoms with van der Waals surface area (Å²) < 4.78 is 12.7. The standard InChI is InChI=1S/C30H36O2/c1-6-22(4)20-31-29-18-27(25-15-10-9-11-16-25)28(19-30(29)32-21-23(5)7-2)26-17-13-12-14-24(26)8-3/h8-19,22-23H,3,6-7,20-21H2,1-2,4-5H3. The molecule has 0 aliphatic heterocycles. The SMILES string of the molecule is C=Cc1ccccc1-c1cc(OCC(C)CC)c(OCC(C)CC)cc1-c1ccccc1. The highest BCUT2D eigenvalue weighted by molar-refractivity contribution is 5.89. The Bertz CT molecular complexity index is 1010. The molecule has 32 heavy (non-hydrogen) atoms. The van der Waals surface area contributed by atoms with E-state index in [1.165, 1.54) is 0 Å². The predicted octanol–water partition coefficient (Wildman–Crippen LogP) is 8.51. The highest BCUT2D eigenvalue weighted by Crippen LogP contribution is 2.42. The molecule has 0 bridgehead atoms. The van der Waals surface area contributed by atoms with Crippen LogP contribution >= 0.6 is 0 Å². The van der Waals surface area contributed by atoms with Crippen LogP contribution in [0.4, 0.5) is 0 Å². The molecule has 0 N–H and O–H groups in total. The minimum Gasteiger partial charge on any atom is -0.489 e. The van der Waals surface area contributed by atoms with Crippen LogP contribution in [0.3, 0.4) is 0 Å². The summed E-state index contributed by atoms with van der Waals surface area (Å²) in [6.07, 6.45) is 4.08. The predicted molar refractivity (Wildman–Crippen MR) is 137 cm³/mol. The molecule has 3 rings (SSSR count). The van der Waals surface area contributed by atoms with Gasteiger partial charge in [-0.2, -0.15) is 0 Å². The van der Waals surface area contributed by atoms with Crippen LogP contribution in [0.1, 0.15) is 46.1 Å². The lowest BCUT2D eigenvalue weighted by atomic mass is 9.91. The van der Waals surface area contributed by atoms with Crippen molar-refractivity contribution in [2.24, 2.45) is 11.8 Å². The first-order chi connectivity index (χ1) is 15.6. The minimum absolute atomic E-state index is 0.482. The van der Waals surface area contributed by atoms with Crippen LogP contribution in [0, 0.1) is 11.8 Å². The van der Waals surface area contributed by atoms with Gasteiger partial charge in [0.25, 0.3) is 0 Å². The molecule has 0 saturated heterocycles. The molecule has 0 aliphatic rings. The summed E-state index contributed by atoms with van der Waals surface area (Å²) in [6.45, 7) is 14.2. The van der Waals surface area contributed by atoms with Crippen LogP contribution in [0.15, 0.2) is 73.3 Å². The molecule has 0 spiro atoms. The largest absolute Gasteiger partial charge is 0.489 e.